The van der Waals surface area contributed by atoms with Gasteiger partial charge >= 0.3 is 0 Å². The van der Waals surface area contributed by atoms with E-state index in [4.69, 9.17) is 11.6 Å². The van der Waals surface area contributed by atoms with E-state index in [1.807, 2.05) is 4.90 Å². The summed E-state index contributed by atoms with van der Waals surface area (Å²) >= 11 is 6.20. The van der Waals surface area contributed by atoms with E-state index in [-0.39, 0.29) is 11.4 Å². The molecule has 0 aromatic rings. The third kappa shape index (κ3) is 2.47. The minimum absolute atomic E-state index is 0.157. The van der Waals surface area contributed by atoms with Crippen LogP contribution in [0.5, 0.6) is 0 Å². The number of piperidine rings is 1. The molecule has 2 fully saturated rings. The number of nitrogens with zero attached hydrogens (tertiary/aromatic N) is 1. The number of halogens is 1. The fourth-order valence-electron chi connectivity index (χ4n) is 2.51. The summed E-state index contributed by atoms with van der Waals surface area (Å²) in [5.74, 6) is 0.998. The number of alkyl halides is 1. The summed E-state index contributed by atoms with van der Waals surface area (Å²) < 4.78 is 0. The van der Waals surface area contributed by atoms with Crippen molar-refractivity contribution in [1.82, 2.24) is 4.90 Å². The summed E-state index contributed by atoms with van der Waals surface area (Å²) in [5, 5.41) is 0.157. The summed E-state index contributed by atoms with van der Waals surface area (Å²) in [7, 11) is 0. The summed E-state index contributed by atoms with van der Waals surface area (Å²) in [5.41, 5.74) is 0. The zero-order valence-electron chi connectivity index (χ0n) is 9.42. The first-order valence-corrected chi connectivity index (χ1v) is 6.55. The van der Waals surface area contributed by atoms with Gasteiger partial charge < -0.3 is 4.90 Å². The monoisotopic (exact) mass is 229 g/mol. The maximum atomic E-state index is 12.0. The molecule has 1 amide bonds. The summed E-state index contributed by atoms with van der Waals surface area (Å²) in [6.07, 6.45) is 6.68. The van der Waals surface area contributed by atoms with Crippen molar-refractivity contribution in [3.8, 4) is 0 Å². The number of carbonyl (C=O) groups excluding carboxylic acids is 1. The molecule has 2 rings (SSSR count). The molecule has 1 saturated carbocycles. The van der Waals surface area contributed by atoms with Gasteiger partial charge in [-0.15, -0.1) is 11.6 Å². The molecule has 0 aromatic heterocycles. The van der Waals surface area contributed by atoms with Crippen LogP contribution in [0.2, 0.25) is 0 Å². The Kier molecular flexibility index (Phi) is 3.55. The van der Waals surface area contributed by atoms with E-state index in [2.05, 4.69) is 6.92 Å². The molecule has 1 aliphatic heterocycles. The Labute approximate surface area is 97.0 Å². The summed E-state index contributed by atoms with van der Waals surface area (Å²) in [6.45, 7) is 2.99. The van der Waals surface area contributed by atoms with Crippen molar-refractivity contribution in [1.29, 1.82) is 0 Å². The normalized spacial score (nSPS) is 32.5. The van der Waals surface area contributed by atoms with Crippen molar-refractivity contribution in [3.05, 3.63) is 0 Å². The van der Waals surface area contributed by atoms with Crippen LogP contribution in [0, 0.1) is 5.92 Å². The first-order valence-electron chi connectivity index (χ1n) is 6.12. The topological polar surface area (TPSA) is 20.3 Å². The Balaban J connectivity index is 1.87. The molecule has 0 spiro atoms. The van der Waals surface area contributed by atoms with Gasteiger partial charge in [0.2, 0.25) is 5.91 Å². The molecule has 15 heavy (non-hydrogen) atoms. The molecule has 2 unspecified atom stereocenters. The van der Waals surface area contributed by atoms with Crippen LogP contribution in [0.3, 0.4) is 0 Å². The van der Waals surface area contributed by atoms with Gasteiger partial charge in [-0.25, -0.2) is 0 Å². The second kappa shape index (κ2) is 4.73. The van der Waals surface area contributed by atoms with Gasteiger partial charge in [0.25, 0.3) is 0 Å². The standard InChI is InChI=1S/C12H20ClNO/c1-9-11(13)6-3-7-14(9)12(15)8-10-4-2-5-10/h9-11H,2-8H2,1H3. The van der Waals surface area contributed by atoms with Gasteiger partial charge in [0.15, 0.2) is 0 Å². The number of hydrogen-bond acceptors (Lipinski definition) is 1. The van der Waals surface area contributed by atoms with Crippen LogP contribution >= 0.6 is 11.6 Å². The zero-order chi connectivity index (χ0) is 10.8. The van der Waals surface area contributed by atoms with Gasteiger partial charge in [-0.05, 0) is 38.5 Å². The third-order valence-electron chi connectivity index (χ3n) is 3.90. The minimum atomic E-state index is 0.157. The largest absolute Gasteiger partial charge is 0.339 e. The zero-order valence-corrected chi connectivity index (χ0v) is 10.2. The maximum absolute atomic E-state index is 12.0. The van der Waals surface area contributed by atoms with Crippen molar-refractivity contribution in [3.63, 3.8) is 0 Å². The van der Waals surface area contributed by atoms with Crippen molar-refractivity contribution >= 4 is 17.5 Å². The second-order valence-electron chi connectivity index (χ2n) is 4.99. The van der Waals surface area contributed by atoms with E-state index < -0.39 is 0 Å². The molecule has 2 atom stereocenters. The van der Waals surface area contributed by atoms with Gasteiger partial charge in [0.05, 0.1) is 5.38 Å². The average molecular weight is 230 g/mol. The van der Waals surface area contributed by atoms with E-state index in [1.165, 1.54) is 19.3 Å². The second-order valence-corrected chi connectivity index (χ2v) is 5.55. The minimum Gasteiger partial charge on any atom is -0.339 e. The van der Waals surface area contributed by atoms with Crippen LogP contribution in [0.4, 0.5) is 0 Å². The van der Waals surface area contributed by atoms with E-state index >= 15 is 0 Å². The molecule has 1 heterocycles. The molecular weight excluding hydrogens is 210 g/mol. The smallest absolute Gasteiger partial charge is 0.223 e. The Morgan fingerprint density at radius 2 is 2.07 bits per heavy atom. The van der Waals surface area contributed by atoms with Crippen molar-refractivity contribution < 1.29 is 4.79 Å². The highest BCUT2D eigenvalue weighted by Crippen LogP contribution is 2.31. The first kappa shape index (κ1) is 11.3. The van der Waals surface area contributed by atoms with Crippen molar-refractivity contribution in [2.75, 3.05) is 6.54 Å². The number of amides is 1. The van der Waals surface area contributed by atoms with E-state index in [0.29, 0.717) is 11.8 Å². The van der Waals surface area contributed by atoms with Crippen LogP contribution < -0.4 is 0 Å². The molecule has 0 bridgehead atoms. The summed E-state index contributed by atoms with van der Waals surface area (Å²) in [6, 6.07) is 0.230. The third-order valence-corrected chi connectivity index (χ3v) is 4.49. The fourth-order valence-corrected chi connectivity index (χ4v) is 2.80. The molecule has 2 aliphatic rings. The van der Waals surface area contributed by atoms with E-state index in [9.17, 15) is 4.79 Å². The van der Waals surface area contributed by atoms with E-state index in [0.717, 1.165) is 25.8 Å². The lowest BCUT2D eigenvalue weighted by molar-refractivity contribution is -0.136. The van der Waals surface area contributed by atoms with Crippen LogP contribution in [0.1, 0.15) is 45.4 Å². The van der Waals surface area contributed by atoms with Crippen LogP contribution in [-0.2, 0) is 4.79 Å². The Morgan fingerprint density at radius 3 is 2.67 bits per heavy atom. The molecule has 0 N–H and O–H groups in total. The predicted octanol–water partition coefficient (Wildman–Crippen LogP) is 2.79. The molecule has 3 heteroatoms. The fraction of sp³-hybridized carbons (Fsp3) is 0.917. The van der Waals surface area contributed by atoms with Crippen molar-refractivity contribution in [2.24, 2.45) is 5.92 Å². The Morgan fingerprint density at radius 1 is 1.33 bits per heavy atom. The first-order chi connectivity index (χ1) is 7.18. The molecule has 0 aromatic carbocycles. The Hall–Kier alpha value is -0.240. The highest BCUT2D eigenvalue weighted by molar-refractivity contribution is 6.21. The number of likely N-dealkylation sites (tertiary alicyclic amines) is 1. The van der Waals surface area contributed by atoms with Crippen molar-refractivity contribution in [2.45, 2.75) is 56.9 Å². The lowest BCUT2D eigenvalue weighted by atomic mass is 9.82. The molecule has 2 nitrogen and oxygen atoms in total. The quantitative estimate of drug-likeness (QED) is 0.667. The van der Waals surface area contributed by atoms with Crippen LogP contribution in [-0.4, -0.2) is 28.8 Å². The SMILES string of the molecule is CC1C(Cl)CCCN1C(=O)CC1CCC1. The predicted molar refractivity (Wildman–Crippen MR) is 62.0 cm³/mol. The van der Waals surface area contributed by atoms with Gasteiger partial charge in [-0.1, -0.05) is 6.42 Å². The highest BCUT2D eigenvalue weighted by Gasteiger charge is 2.31. The maximum Gasteiger partial charge on any atom is 0.223 e. The lowest BCUT2D eigenvalue weighted by Gasteiger charge is -2.38. The number of hydrogen-bond donors (Lipinski definition) is 0. The van der Waals surface area contributed by atoms with Gasteiger partial charge in [-0.3, -0.25) is 4.79 Å². The molecule has 1 saturated heterocycles. The van der Waals surface area contributed by atoms with Gasteiger partial charge in [0, 0.05) is 19.0 Å². The van der Waals surface area contributed by atoms with Crippen LogP contribution in [0.25, 0.3) is 0 Å². The molecular formula is C12H20ClNO. The van der Waals surface area contributed by atoms with E-state index in [1.54, 1.807) is 0 Å². The van der Waals surface area contributed by atoms with Crippen LogP contribution in [0.15, 0.2) is 0 Å². The molecule has 0 radical (unpaired) electrons. The number of carbonyl (C=O) groups is 1. The molecule has 86 valence electrons. The lowest BCUT2D eigenvalue weighted by Crippen LogP contribution is -2.48. The molecule has 1 aliphatic carbocycles. The average Bonchev–Trinajstić information content (AvgIpc) is 2.15. The highest BCUT2D eigenvalue weighted by atomic mass is 35.5. The number of rotatable bonds is 2. The van der Waals surface area contributed by atoms with Gasteiger partial charge in [0.1, 0.15) is 0 Å². The Bertz CT molecular complexity index is 240. The van der Waals surface area contributed by atoms with Gasteiger partial charge in [-0.2, -0.15) is 0 Å². The summed E-state index contributed by atoms with van der Waals surface area (Å²) in [4.78, 5) is 14.0.